The Balaban J connectivity index is 2.41. The van der Waals surface area contributed by atoms with Gasteiger partial charge in [-0.1, -0.05) is 0 Å². The fraction of sp³-hybridized carbons (Fsp3) is 0.923. The van der Waals surface area contributed by atoms with Gasteiger partial charge in [-0.15, -0.1) is 0 Å². The first-order valence-electron chi connectivity index (χ1n) is 6.58. The molecule has 1 fully saturated rings. The summed E-state index contributed by atoms with van der Waals surface area (Å²) < 4.78 is 10.7. The van der Waals surface area contributed by atoms with Crippen molar-refractivity contribution in [2.24, 2.45) is 11.7 Å². The quantitative estimate of drug-likeness (QED) is 0.835. The number of nitrogens with two attached hydrogens (primary N) is 1. The monoisotopic (exact) mass is 258 g/mol. The highest BCUT2D eigenvalue weighted by molar-refractivity contribution is 5.68. The van der Waals surface area contributed by atoms with Crippen LogP contribution in [0.4, 0.5) is 4.79 Å². The van der Waals surface area contributed by atoms with E-state index in [4.69, 9.17) is 15.2 Å². The molecule has 1 unspecified atom stereocenters. The first kappa shape index (κ1) is 15.2. The molecule has 0 saturated carbocycles. The lowest BCUT2D eigenvalue weighted by Gasteiger charge is -2.35. The molecule has 18 heavy (non-hydrogen) atoms. The summed E-state index contributed by atoms with van der Waals surface area (Å²) >= 11 is 0. The minimum atomic E-state index is -0.430. The molecule has 1 atom stereocenters. The van der Waals surface area contributed by atoms with Crippen LogP contribution < -0.4 is 5.73 Å². The van der Waals surface area contributed by atoms with Gasteiger partial charge in [0.2, 0.25) is 0 Å². The molecule has 1 rings (SSSR count). The Morgan fingerprint density at radius 2 is 1.94 bits per heavy atom. The summed E-state index contributed by atoms with van der Waals surface area (Å²) in [5, 5.41) is 0. The van der Waals surface area contributed by atoms with Gasteiger partial charge in [-0.05, 0) is 39.5 Å². The van der Waals surface area contributed by atoms with Gasteiger partial charge in [0.25, 0.3) is 0 Å². The molecule has 5 heteroatoms. The third-order valence-electron chi connectivity index (χ3n) is 3.25. The van der Waals surface area contributed by atoms with E-state index in [2.05, 4.69) is 0 Å². The van der Waals surface area contributed by atoms with Crippen LogP contribution in [0.15, 0.2) is 0 Å². The van der Waals surface area contributed by atoms with Crippen LogP contribution in [0.1, 0.15) is 33.6 Å². The zero-order valence-electron chi connectivity index (χ0n) is 11.9. The summed E-state index contributed by atoms with van der Waals surface area (Å²) in [5.41, 5.74) is 5.23. The van der Waals surface area contributed by atoms with Gasteiger partial charge < -0.3 is 20.1 Å². The highest BCUT2D eigenvalue weighted by Crippen LogP contribution is 2.23. The van der Waals surface area contributed by atoms with E-state index in [0.717, 1.165) is 25.9 Å². The average molecular weight is 258 g/mol. The van der Waals surface area contributed by atoms with Gasteiger partial charge in [-0.2, -0.15) is 0 Å². The van der Waals surface area contributed by atoms with Crippen LogP contribution in [0.5, 0.6) is 0 Å². The average Bonchev–Trinajstić information content (AvgIpc) is 2.29. The number of carbonyl (C=O) groups is 1. The SMILES string of the molecule is COC(CN)C1CCN(C(=O)OC(C)(C)C)CC1. The molecule has 1 heterocycles. The fourth-order valence-corrected chi connectivity index (χ4v) is 2.26. The maximum absolute atomic E-state index is 11.9. The zero-order chi connectivity index (χ0) is 13.8. The first-order valence-corrected chi connectivity index (χ1v) is 6.58. The van der Waals surface area contributed by atoms with Crippen LogP contribution in [0, 0.1) is 5.92 Å². The highest BCUT2D eigenvalue weighted by atomic mass is 16.6. The lowest BCUT2D eigenvalue weighted by atomic mass is 9.91. The van der Waals surface area contributed by atoms with Crippen molar-refractivity contribution in [1.82, 2.24) is 4.90 Å². The van der Waals surface area contributed by atoms with E-state index in [1.165, 1.54) is 0 Å². The molecule has 1 amide bonds. The molecule has 5 nitrogen and oxygen atoms in total. The normalized spacial score (nSPS) is 19.7. The number of nitrogens with zero attached hydrogens (tertiary/aromatic N) is 1. The number of rotatable bonds is 3. The van der Waals surface area contributed by atoms with Gasteiger partial charge in [0.05, 0.1) is 6.10 Å². The second-order valence-corrected chi connectivity index (χ2v) is 5.81. The summed E-state index contributed by atoms with van der Waals surface area (Å²) in [6.07, 6.45) is 1.73. The maximum atomic E-state index is 11.9. The molecule has 0 aromatic heterocycles. The van der Waals surface area contributed by atoms with Crippen LogP contribution in [0.2, 0.25) is 0 Å². The van der Waals surface area contributed by atoms with Gasteiger partial charge in [0.15, 0.2) is 0 Å². The van der Waals surface area contributed by atoms with E-state index in [-0.39, 0.29) is 12.2 Å². The number of likely N-dealkylation sites (tertiary alicyclic amines) is 1. The third kappa shape index (κ3) is 4.46. The Morgan fingerprint density at radius 3 is 2.33 bits per heavy atom. The minimum absolute atomic E-state index is 0.103. The number of hydrogen-bond acceptors (Lipinski definition) is 4. The Kier molecular flexibility index (Phi) is 5.41. The van der Waals surface area contributed by atoms with Crippen molar-refractivity contribution in [3.05, 3.63) is 0 Å². The number of carbonyl (C=O) groups excluding carboxylic acids is 1. The first-order chi connectivity index (χ1) is 8.37. The Labute approximate surface area is 110 Å². The van der Waals surface area contributed by atoms with Crippen LogP contribution in [0.3, 0.4) is 0 Å². The second-order valence-electron chi connectivity index (χ2n) is 5.81. The molecule has 1 aliphatic heterocycles. The number of ether oxygens (including phenoxy) is 2. The van der Waals surface area contributed by atoms with E-state index in [9.17, 15) is 4.79 Å². The lowest BCUT2D eigenvalue weighted by Crippen LogP contribution is -2.45. The van der Waals surface area contributed by atoms with Crippen molar-refractivity contribution in [3.8, 4) is 0 Å². The zero-order valence-corrected chi connectivity index (χ0v) is 11.9. The van der Waals surface area contributed by atoms with E-state index in [0.29, 0.717) is 12.5 Å². The summed E-state index contributed by atoms with van der Waals surface area (Å²) in [4.78, 5) is 13.6. The maximum Gasteiger partial charge on any atom is 0.410 e. The molecule has 2 N–H and O–H groups in total. The molecule has 0 aliphatic carbocycles. The molecule has 0 radical (unpaired) electrons. The van der Waals surface area contributed by atoms with Crippen LogP contribution in [0.25, 0.3) is 0 Å². The third-order valence-corrected chi connectivity index (χ3v) is 3.25. The standard InChI is InChI=1S/C13H26N2O3/c1-13(2,3)18-12(16)15-7-5-10(6-8-15)11(9-14)17-4/h10-11H,5-9,14H2,1-4H3. The van der Waals surface area contributed by atoms with Crippen molar-refractivity contribution in [1.29, 1.82) is 0 Å². The van der Waals surface area contributed by atoms with E-state index in [1.807, 2.05) is 20.8 Å². The molecule has 106 valence electrons. The van der Waals surface area contributed by atoms with Gasteiger partial charge in [-0.3, -0.25) is 0 Å². The van der Waals surface area contributed by atoms with Gasteiger partial charge in [-0.25, -0.2) is 4.79 Å². The highest BCUT2D eigenvalue weighted by Gasteiger charge is 2.30. The van der Waals surface area contributed by atoms with Crippen molar-refractivity contribution < 1.29 is 14.3 Å². The summed E-state index contributed by atoms with van der Waals surface area (Å²) in [7, 11) is 1.69. The van der Waals surface area contributed by atoms with Crippen LogP contribution >= 0.6 is 0 Å². The fourth-order valence-electron chi connectivity index (χ4n) is 2.26. The molecule has 0 spiro atoms. The molecular weight excluding hydrogens is 232 g/mol. The van der Waals surface area contributed by atoms with Gasteiger partial charge in [0, 0.05) is 26.7 Å². The predicted molar refractivity (Wildman–Crippen MR) is 70.4 cm³/mol. The van der Waals surface area contributed by atoms with E-state index >= 15 is 0 Å². The largest absolute Gasteiger partial charge is 0.444 e. The molecule has 0 aromatic rings. The summed E-state index contributed by atoms with van der Waals surface area (Å²) in [6, 6.07) is 0. The lowest BCUT2D eigenvalue weighted by molar-refractivity contribution is 0.000821. The topological polar surface area (TPSA) is 64.8 Å². The van der Waals surface area contributed by atoms with Crippen molar-refractivity contribution >= 4 is 6.09 Å². The van der Waals surface area contributed by atoms with Gasteiger partial charge in [0.1, 0.15) is 5.60 Å². The molecule has 1 aliphatic rings. The Hall–Kier alpha value is -0.810. The second kappa shape index (κ2) is 6.38. The number of hydrogen-bond donors (Lipinski definition) is 1. The van der Waals surface area contributed by atoms with Gasteiger partial charge >= 0.3 is 6.09 Å². The Bertz CT molecular complexity index is 264. The van der Waals surface area contributed by atoms with Crippen LogP contribution in [-0.2, 0) is 9.47 Å². The summed E-state index contributed by atoms with van der Waals surface area (Å²) in [5.74, 6) is 0.443. The van der Waals surface area contributed by atoms with Crippen LogP contribution in [-0.4, -0.2) is 49.4 Å². The molecule has 0 bridgehead atoms. The number of methoxy groups -OCH3 is 1. The van der Waals surface area contributed by atoms with E-state index < -0.39 is 5.60 Å². The predicted octanol–water partition coefficient (Wildman–Crippen LogP) is 1.61. The van der Waals surface area contributed by atoms with Crippen molar-refractivity contribution in [2.75, 3.05) is 26.7 Å². The number of amides is 1. The Morgan fingerprint density at radius 1 is 1.39 bits per heavy atom. The smallest absolute Gasteiger partial charge is 0.410 e. The van der Waals surface area contributed by atoms with Crippen molar-refractivity contribution in [3.63, 3.8) is 0 Å². The van der Waals surface area contributed by atoms with Crippen molar-refractivity contribution in [2.45, 2.75) is 45.3 Å². The summed E-state index contributed by atoms with van der Waals surface area (Å²) in [6.45, 7) is 7.62. The minimum Gasteiger partial charge on any atom is -0.444 e. The molecular formula is C13H26N2O3. The number of piperidine rings is 1. The molecule has 1 saturated heterocycles. The molecule has 0 aromatic carbocycles. The van der Waals surface area contributed by atoms with E-state index in [1.54, 1.807) is 12.0 Å².